The molecule has 2 aliphatic rings. The minimum absolute atomic E-state index is 0.135. The Labute approximate surface area is 449 Å². The summed E-state index contributed by atoms with van der Waals surface area (Å²) in [6, 6.07) is 98.4. The minimum atomic E-state index is -0.276. The summed E-state index contributed by atoms with van der Waals surface area (Å²) in [5, 5.41) is 4.54. The molecule has 1 unspecified atom stereocenters. The number of hydrogen-bond donors (Lipinski definition) is 0. The molecule has 2 aliphatic carbocycles. The molecule has 1 atom stereocenters. The SMILES string of the molecule is CC1(C)c2ccccc2-c2cccc(-c3ccccc3-c3ccc(N(c4ccc(-c5ccc6c(c5)C(C)(c5ccccc5)c5ccccc5-6)cc4)c4cccc(-c5cccc6oc7c8ccccc8ccc7c56)c4)cc3)c21. The number of anilines is 3. The van der Waals surface area contributed by atoms with E-state index in [1.165, 1.54) is 88.8 Å². The summed E-state index contributed by atoms with van der Waals surface area (Å²) in [6.07, 6.45) is 0. The highest BCUT2D eigenvalue weighted by atomic mass is 16.3. The second kappa shape index (κ2) is 17.3. The van der Waals surface area contributed by atoms with E-state index in [9.17, 15) is 0 Å². The van der Waals surface area contributed by atoms with Crippen LogP contribution in [0.5, 0.6) is 0 Å². The third-order valence-corrected chi connectivity index (χ3v) is 17.2. The van der Waals surface area contributed by atoms with Crippen molar-refractivity contribution < 1.29 is 4.42 Å². The highest BCUT2D eigenvalue weighted by Crippen LogP contribution is 2.55. The molecule has 2 heteroatoms. The van der Waals surface area contributed by atoms with E-state index in [0.29, 0.717) is 0 Å². The maximum atomic E-state index is 6.69. The Morgan fingerprint density at radius 1 is 0.325 bits per heavy atom. The fourth-order valence-electron chi connectivity index (χ4n) is 13.4. The molecule has 0 aliphatic heterocycles. The van der Waals surface area contributed by atoms with Crippen molar-refractivity contribution in [2.24, 2.45) is 0 Å². The van der Waals surface area contributed by atoms with Gasteiger partial charge < -0.3 is 9.32 Å². The van der Waals surface area contributed by atoms with Crippen LogP contribution in [0.15, 0.2) is 271 Å². The Balaban J connectivity index is 0.847. The zero-order valence-corrected chi connectivity index (χ0v) is 43.3. The van der Waals surface area contributed by atoms with E-state index in [1.807, 2.05) is 0 Å². The number of furan rings is 1. The first-order valence-corrected chi connectivity index (χ1v) is 26.9. The van der Waals surface area contributed by atoms with Crippen molar-refractivity contribution in [1.82, 2.24) is 0 Å². The van der Waals surface area contributed by atoms with E-state index in [0.717, 1.165) is 55.5 Å². The van der Waals surface area contributed by atoms with Crippen molar-refractivity contribution >= 4 is 49.8 Å². The van der Waals surface area contributed by atoms with Gasteiger partial charge in [0.15, 0.2) is 0 Å². The summed E-state index contributed by atoms with van der Waals surface area (Å²) >= 11 is 0. The first-order chi connectivity index (χ1) is 37.8. The van der Waals surface area contributed by atoms with Gasteiger partial charge in [0.05, 0.1) is 0 Å². The number of rotatable bonds is 8. The molecule has 0 amide bonds. The Morgan fingerprint density at radius 2 is 0.896 bits per heavy atom. The molecule has 0 saturated carbocycles. The van der Waals surface area contributed by atoms with Crippen LogP contribution in [-0.2, 0) is 10.8 Å². The van der Waals surface area contributed by atoms with Crippen molar-refractivity contribution in [1.29, 1.82) is 0 Å². The smallest absolute Gasteiger partial charge is 0.143 e. The number of hydrogen-bond acceptors (Lipinski definition) is 2. The molecule has 0 bridgehead atoms. The second-order valence-electron chi connectivity index (χ2n) is 21.7. The maximum Gasteiger partial charge on any atom is 0.143 e. The molecule has 0 saturated heterocycles. The average molecular weight is 984 g/mol. The Bertz CT molecular complexity index is 4480. The molecule has 12 aromatic carbocycles. The predicted molar refractivity (Wildman–Crippen MR) is 323 cm³/mol. The summed E-state index contributed by atoms with van der Waals surface area (Å²) in [5.74, 6) is 0. The zero-order valence-electron chi connectivity index (χ0n) is 43.3. The van der Waals surface area contributed by atoms with E-state index in [1.54, 1.807) is 0 Å². The Morgan fingerprint density at radius 3 is 1.68 bits per heavy atom. The monoisotopic (exact) mass is 983 g/mol. The molecule has 1 aromatic heterocycles. The van der Waals surface area contributed by atoms with Crippen molar-refractivity contribution in [2.45, 2.75) is 31.6 Å². The lowest BCUT2D eigenvalue weighted by molar-refractivity contribution is 0.662. The maximum absolute atomic E-state index is 6.69. The third-order valence-electron chi connectivity index (χ3n) is 17.2. The predicted octanol–water partition coefficient (Wildman–Crippen LogP) is 20.5. The van der Waals surface area contributed by atoms with Crippen molar-refractivity contribution in [2.75, 3.05) is 4.90 Å². The molecule has 0 fully saturated rings. The Hall–Kier alpha value is -9.50. The van der Waals surface area contributed by atoms with Gasteiger partial charge in [0.25, 0.3) is 0 Å². The summed E-state index contributed by atoms with van der Waals surface area (Å²) < 4.78 is 6.69. The van der Waals surface area contributed by atoms with Crippen LogP contribution in [0.25, 0.3) is 99.5 Å². The third kappa shape index (κ3) is 6.88. The van der Waals surface area contributed by atoms with Crippen LogP contribution in [0, 0.1) is 0 Å². The van der Waals surface area contributed by atoms with Gasteiger partial charge in [-0.25, -0.2) is 0 Å². The van der Waals surface area contributed by atoms with Crippen LogP contribution in [0.4, 0.5) is 17.1 Å². The van der Waals surface area contributed by atoms with Crippen molar-refractivity contribution in [3.63, 3.8) is 0 Å². The molecule has 0 radical (unpaired) electrons. The molecule has 15 rings (SSSR count). The van der Waals surface area contributed by atoms with E-state index < -0.39 is 0 Å². The lowest BCUT2D eigenvalue weighted by Crippen LogP contribution is -2.22. The molecule has 1 heterocycles. The standard InChI is InChI=1S/C75H53NO/c1-74(2)67-31-13-11-27-62(67)65-30-16-29-64(72(65)74)60-25-10-9-23-57(60)50-36-42-55(43-37-50)76(56-22-15-19-52(46-56)58-28-17-33-70-71(58)66-45-38-49-18-7-8-24-59(49)73(66)77-70)54-40-34-48(35-41-54)51-39-44-63-61-26-12-14-32-68(61)75(3,69(63)47-51)53-20-5-4-6-21-53/h4-47H,1-3H3. The number of fused-ring (bicyclic) bond motifs is 11. The van der Waals surface area contributed by atoms with Crippen molar-refractivity contribution in [3.05, 3.63) is 295 Å². The first-order valence-electron chi connectivity index (χ1n) is 26.9. The van der Waals surface area contributed by atoms with Crippen molar-refractivity contribution in [3.8, 4) is 66.8 Å². The van der Waals surface area contributed by atoms with Gasteiger partial charge in [-0.05, 0) is 161 Å². The van der Waals surface area contributed by atoms with E-state index in [2.05, 4.69) is 293 Å². The first kappa shape index (κ1) is 44.9. The fourth-order valence-corrected chi connectivity index (χ4v) is 13.4. The number of benzene rings is 12. The van der Waals surface area contributed by atoms with E-state index >= 15 is 0 Å². The summed E-state index contributed by atoms with van der Waals surface area (Å²) in [4.78, 5) is 2.40. The van der Waals surface area contributed by atoms with E-state index in [4.69, 9.17) is 4.42 Å². The average Bonchev–Trinajstić information content (AvgIpc) is 4.22. The summed E-state index contributed by atoms with van der Waals surface area (Å²) in [5.41, 5.74) is 26.2. The molecular formula is C75H53NO. The van der Waals surface area contributed by atoms with Crippen LogP contribution in [0.2, 0.25) is 0 Å². The van der Waals surface area contributed by atoms with Gasteiger partial charge in [-0.15, -0.1) is 0 Å². The normalized spacial score (nSPS) is 14.8. The van der Waals surface area contributed by atoms with Gasteiger partial charge in [-0.1, -0.05) is 226 Å². The highest BCUT2D eigenvalue weighted by molar-refractivity contribution is 6.19. The topological polar surface area (TPSA) is 16.4 Å². The minimum Gasteiger partial charge on any atom is -0.455 e. The molecular weight excluding hydrogens is 931 g/mol. The summed E-state index contributed by atoms with van der Waals surface area (Å²) in [7, 11) is 0. The van der Waals surface area contributed by atoms with Gasteiger partial charge in [-0.2, -0.15) is 0 Å². The molecule has 13 aromatic rings. The molecule has 0 N–H and O–H groups in total. The van der Waals surface area contributed by atoms with Gasteiger partial charge in [0.2, 0.25) is 0 Å². The van der Waals surface area contributed by atoms with Gasteiger partial charge in [0.1, 0.15) is 11.2 Å². The van der Waals surface area contributed by atoms with Gasteiger partial charge in [-0.3, -0.25) is 0 Å². The van der Waals surface area contributed by atoms with E-state index in [-0.39, 0.29) is 10.8 Å². The Kier molecular flexibility index (Phi) is 10.1. The zero-order chi connectivity index (χ0) is 51.4. The molecule has 77 heavy (non-hydrogen) atoms. The van der Waals surface area contributed by atoms with Gasteiger partial charge in [0, 0.05) is 44.1 Å². The van der Waals surface area contributed by atoms with Crippen LogP contribution in [-0.4, -0.2) is 0 Å². The van der Waals surface area contributed by atoms with Crippen LogP contribution in [0.1, 0.15) is 48.6 Å². The fraction of sp³-hybridized carbons (Fsp3) is 0.0667. The highest BCUT2D eigenvalue weighted by Gasteiger charge is 2.41. The van der Waals surface area contributed by atoms with Crippen LogP contribution < -0.4 is 4.90 Å². The summed E-state index contributed by atoms with van der Waals surface area (Å²) in [6.45, 7) is 7.14. The molecule has 0 spiro atoms. The quantitative estimate of drug-likeness (QED) is 0.151. The van der Waals surface area contributed by atoms with Crippen LogP contribution in [0.3, 0.4) is 0 Å². The number of nitrogens with zero attached hydrogens (tertiary/aromatic N) is 1. The lowest BCUT2D eigenvalue weighted by Gasteiger charge is -2.28. The second-order valence-corrected chi connectivity index (χ2v) is 21.7. The molecule has 364 valence electrons. The lowest BCUT2D eigenvalue weighted by atomic mass is 9.74. The molecule has 2 nitrogen and oxygen atoms in total. The van der Waals surface area contributed by atoms with Crippen LogP contribution >= 0.6 is 0 Å². The largest absolute Gasteiger partial charge is 0.455 e. The van der Waals surface area contributed by atoms with Gasteiger partial charge >= 0.3 is 0 Å².